The average Bonchev–Trinajstić information content (AvgIpc) is 3.24. The highest BCUT2D eigenvalue weighted by atomic mass is 79.9. The summed E-state index contributed by atoms with van der Waals surface area (Å²) in [6.07, 6.45) is 1.91. The number of hydrogen-bond donors (Lipinski definition) is 0. The van der Waals surface area contributed by atoms with Gasteiger partial charge in [0.2, 0.25) is 5.89 Å². The lowest BCUT2D eigenvalue weighted by Gasteiger charge is -1.96. The van der Waals surface area contributed by atoms with Gasteiger partial charge in [-0.25, -0.2) is 0 Å². The Hall–Kier alpha value is -2.13. The molecule has 0 aromatic carbocycles. The van der Waals surface area contributed by atoms with Crippen LogP contribution in [0.2, 0.25) is 0 Å². The maximum Gasteiger partial charge on any atom is 0.283 e. The molecule has 0 fully saturated rings. The van der Waals surface area contributed by atoms with Gasteiger partial charge in [0.05, 0.1) is 5.75 Å². The molecule has 22 heavy (non-hydrogen) atoms. The fourth-order valence-corrected chi connectivity index (χ4v) is 2.95. The minimum Gasteiger partial charge on any atom is -0.444 e. The summed E-state index contributed by atoms with van der Waals surface area (Å²) in [5.74, 6) is 1.89. The standard InChI is InChI=1S/C13H8BrN5O2S/c14-9-5-4-8(20-9)12-17-16-11(21-12)7-22-13-18-15-10-3-1-2-6-19(10)13/h1-6H,7H2. The molecular formula is C13H8BrN5O2S. The first-order chi connectivity index (χ1) is 10.8. The molecule has 0 aliphatic rings. The summed E-state index contributed by atoms with van der Waals surface area (Å²) in [6.45, 7) is 0. The molecule has 0 amide bonds. The van der Waals surface area contributed by atoms with E-state index in [2.05, 4.69) is 36.3 Å². The van der Waals surface area contributed by atoms with E-state index >= 15 is 0 Å². The number of furan rings is 1. The van der Waals surface area contributed by atoms with E-state index in [1.165, 1.54) is 11.8 Å². The molecule has 4 aromatic rings. The third kappa shape index (κ3) is 2.53. The summed E-state index contributed by atoms with van der Waals surface area (Å²) in [5.41, 5.74) is 0.802. The molecule has 0 aliphatic carbocycles. The van der Waals surface area contributed by atoms with Crippen LogP contribution in [0.5, 0.6) is 0 Å². The van der Waals surface area contributed by atoms with Crippen LogP contribution in [-0.2, 0) is 5.75 Å². The number of nitrogens with zero attached hydrogens (tertiary/aromatic N) is 5. The third-order valence-corrected chi connectivity index (χ3v) is 4.21. The highest BCUT2D eigenvalue weighted by Crippen LogP contribution is 2.26. The van der Waals surface area contributed by atoms with E-state index < -0.39 is 0 Å². The molecule has 0 aliphatic heterocycles. The maximum atomic E-state index is 5.58. The molecule has 0 radical (unpaired) electrons. The summed E-state index contributed by atoms with van der Waals surface area (Å²) in [7, 11) is 0. The van der Waals surface area contributed by atoms with Crippen LogP contribution >= 0.6 is 27.7 Å². The fraction of sp³-hybridized carbons (Fsp3) is 0.0769. The molecule has 4 rings (SSSR count). The van der Waals surface area contributed by atoms with Crippen molar-refractivity contribution in [2.45, 2.75) is 10.9 Å². The smallest absolute Gasteiger partial charge is 0.283 e. The Morgan fingerprint density at radius 3 is 2.86 bits per heavy atom. The normalized spacial score (nSPS) is 11.3. The zero-order valence-electron chi connectivity index (χ0n) is 11.0. The second-order valence-corrected chi connectivity index (χ2v) is 6.03. The van der Waals surface area contributed by atoms with Gasteiger partial charge in [0, 0.05) is 6.20 Å². The Bertz CT molecular complexity index is 931. The minimum atomic E-state index is 0.354. The molecule has 9 heteroatoms. The molecule has 4 aromatic heterocycles. The van der Waals surface area contributed by atoms with E-state index in [4.69, 9.17) is 8.83 Å². The lowest BCUT2D eigenvalue weighted by atomic mass is 10.5. The van der Waals surface area contributed by atoms with E-state index in [9.17, 15) is 0 Å². The Morgan fingerprint density at radius 2 is 2.00 bits per heavy atom. The lowest BCUT2D eigenvalue weighted by Crippen LogP contribution is -1.87. The van der Waals surface area contributed by atoms with E-state index in [0.29, 0.717) is 28.0 Å². The number of hydrogen-bond acceptors (Lipinski definition) is 7. The molecule has 110 valence electrons. The van der Waals surface area contributed by atoms with Gasteiger partial charge >= 0.3 is 0 Å². The van der Waals surface area contributed by atoms with Crippen molar-refractivity contribution in [3.8, 4) is 11.7 Å². The molecule has 4 heterocycles. The SMILES string of the molecule is Brc1ccc(-c2nnc(CSc3nnc4ccccn34)o2)o1. The number of fused-ring (bicyclic) bond motifs is 1. The molecule has 0 spiro atoms. The van der Waals surface area contributed by atoms with Crippen molar-refractivity contribution in [2.75, 3.05) is 0 Å². The highest BCUT2D eigenvalue weighted by Gasteiger charge is 2.13. The van der Waals surface area contributed by atoms with E-state index in [-0.39, 0.29) is 0 Å². The van der Waals surface area contributed by atoms with Crippen LogP contribution in [-0.4, -0.2) is 24.8 Å². The predicted octanol–water partition coefficient (Wildman–Crippen LogP) is 3.43. The second-order valence-electron chi connectivity index (χ2n) is 4.30. The van der Waals surface area contributed by atoms with Gasteiger partial charge in [0.15, 0.2) is 21.2 Å². The van der Waals surface area contributed by atoms with Crippen molar-refractivity contribution in [3.63, 3.8) is 0 Å². The predicted molar refractivity (Wildman–Crippen MR) is 82.2 cm³/mol. The van der Waals surface area contributed by atoms with Crippen LogP contribution in [0.25, 0.3) is 17.3 Å². The van der Waals surface area contributed by atoms with Crippen molar-refractivity contribution in [1.29, 1.82) is 0 Å². The van der Waals surface area contributed by atoms with Gasteiger partial charge < -0.3 is 8.83 Å². The summed E-state index contributed by atoms with van der Waals surface area (Å²) in [5, 5.41) is 17.0. The second kappa shape index (κ2) is 5.58. The van der Waals surface area contributed by atoms with Crippen molar-refractivity contribution in [3.05, 3.63) is 47.1 Å². The van der Waals surface area contributed by atoms with Crippen molar-refractivity contribution >= 4 is 33.3 Å². The van der Waals surface area contributed by atoms with Gasteiger partial charge in [-0.2, -0.15) is 0 Å². The number of halogens is 1. The molecule has 0 N–H and O–H groups in total. The fourth-order valence-electron chi connectivity index (χ4n) is 1.88. The van der Waals surface area contributed by atoms with Crippen LogP contribution in [0.4, 0.5) is 0 Å². The largest absolute Gasteiger partial charge is 0.444 e. The Morgan fingerprint density at radius 1 is 1.05 bits per heavy atom. The average molecular weight is 378 g/mol. The number of pyridine rings is 1. The first-order valence-corrected chi connectivity index (χ1v) is 8.08. The van der Waals surface area contributed by atoms with Gasteiger partial charge in [0.25, 0.3) is 5.89 Å². The summed E-state index contributed by atoms with van der Waals surface area (Å²) >= 11 is 4.71. The van der Waals surface area contributed by atoms with Gasteiger partial charge in [-0.1, -0.05) is 17.8 Å². The lowest BCUT2D eigenvalue weighted by molar-refractivity contribution is 0.486. The Labute approximate surface area is 136 Å². The van der Waals surface area contributed by atoms with Gasteiger partial charge in [-0.15, -0.1) is 20.4 Å². The number of thioether (sulfide) groups is 1. The molecule has 0 saturated carbocycles. The van der Waals surface area contributed by atoms with Crippen LogP contribution < -0.4 is 0 Å². The van der Waals surface area contributed by atoms with Crippen molar-refractivity contribution in [2.24, 2.45) is 0 Å². The topological polar surface area (TPSA) is 82.2 Å². The highest BCUT2D eigenvalue weighted by molar-refractivity contribution is 9.10. The molecule has 0 bridgehead atoms. The Kier molecular flexibility index (Phi) is 3.43. The summed E-state index contributed by atoms with van der Waals surface area (Å²) in [4.78, 5) is 0. The molecular weight excluding hydrogens is 370 g/mol. The van der Waals surface area contributed by atoms with Crippen LogP contribution in [0.3, 0.4) is 0 Å². The molecule has 0 atom stereocenters. The first kappa shape index (κ1) is 13.5. The van der Waals surface area contributed by atoms with Crippen LogP contribution in [0, 0.1) is 0 Å². The monoisotopic (exact) mass is 377 g/mol. The minimum absolute atomic E-state index is 0.354. The third-order valence-electron chi connectivity index (χ3n) is 2.86. The Balaban J connectivity index is 1.51. The first-order valence-electron chi connectivity index (χ1n) is 6.30. The number of rotatable bonds is 4. The van der Waals surface area contributed by atoms with Crippen molar-refractivity contribution in [1.82, 2.24) is 24.8 Å². The van der Waals surface area contributed by atoms with Gasteiger partial charge in [0.1, 0.15) is 0 Å². The quantitative estimate of drug-likeness (QED) is 0.503. The van der Waals surface area contributed by atoms with Crippen molar-refractivity contribution < 1.29 is 8.83 Å². The molecule has 7 nitrogen and oxygen atoms in total. The summed E-state index contributed by atoms with van der Waals surface area (Å²) < 4.78 is 13.5. The van der Waals surface area contributed by atoms with Crippen LogP contribution in [0.15, 0.2) is 55.2 Å². The number of aromatic nitrogens is 5. The van der Waals surface area contributed by atoms with E-state index in [0.717, 1.165) is 10.8 Å². The van der Waals surface area contributed by atoms with Gasteiger partial charge in [-0.3, -0.25) is 4.40 Å². The van der Waals surface area contributed by atoms with Crippen LogP contribution in [0.1, 0.15) is 5.89 Å². The molecule has 0 saturated heterocycles. The van der Waals surface area contributed by atoms with Gasteiger partial charge in [-0.05, 0) is 40.2 Å². The zero-order chi connectivity index (χ0) is 14.9. The summed E-state index contributed by atoms with van der Waals surface area (Å²) in [6, 6.07) is 9.29. The zero-order valence-corrected chi connectivity index (χ0v) is 13.4. The molecule has 0 unspecified atom stereocenters. The van der Waals surface area contributed by atoms with E-state index in [1.807, 2.05) is 28.8 Å². The maximum absolute atomic E-state index is 5.58. The van der Waals surface area contributed by atoms with E-state index in [1.54, 1.807) is 12.1 Å².